The molecule has 0 spiro atoms. The monoisotopic (exact) mass is 1240 g/mol. The van der Waals surface area contributed by atoms with Crippen LogP contribution >= 0.6 is 74.5 Å². The second kappa shape index (κ2) is 17.9. The molecular formula is C38H50I5O6-. The average molecular weight is 1240 g/mol. The van der Waals surface area contributed by atoms with E-state index in [0.717, 1.165) is 64.2 Å². The van der Waals surface area contributed by atoms with E-state index in [0.29, 0.717) is 98.7 Å². The molecule has 49 heavy (non-hydrogen) atoms. The standard InChI is InChI=1S/C19H26O3.C19H24O3.I3.I2/c2*1-2-19-10-16(21)18-13-6-4-12(20)9-11(13)3-5-14(18)15(19)7-8-17(19)22;1-3-2;1-2/h9,13-16,18,21H,2-8,10H2,1H3;9,13-15,18H,2-8,10H2,1H3;;/q;;-1;/t13?,14?,15?,16-,18?,19+;13?,14?,15?,18?,19-;;/m10../s1. The Morgan fingerprint density at radius 2 is 1.18 bits per heavy atom. The van der Waals surface area contributed by atoms with Gasteiger partial charge in [0.1, 0.15) is 17.3 Å². The Balaban J connectivity index is 0.000000169. The molecule has 0 amide bonds. The molecule has 0 aliphatic heterocycles. The number of aliphatic hydroxyl groups excluding tert-OH is 1. The first kappa shape index (κ1) is 41.6. The number of carbonyl (C=O) groups is 5. The molecule has 11 atom stereocenters. The number of allylic oxidation sites excluding steroid dienone is 2. The van der Waals surface area contributed by atoms with Gasteiger partial charge in [-0.05, 0) is 124 Å². The molecule has 0 bridgehead atoms. The third-order valence-electron chi connectivity index (χ3n) is 14.5. The van der Waals surface area contributed by atoms with Gasteiger partial charge in [0.15, 0.2) is 11.6 Å². The second-order valence-corrected chi connectivity index (χ2v) is 32.0. The molecule has 0 saturated heterocycles. The van der Waals surface area contributed by atoms with Gasteiger partial charge in [-0.3, -0.25) is 24.0 Å². The quantitative estimate of drug-likeness (QED) is 0.303. The van der Waals surface area contributed by atoms with Crippen LogP contribution in [0.5, 0.6) is 0 Å². The van der Waals surface area contributed by atoms with Crippen LogP contribution in [0.25, 0.3) is 0 Å². The van der Waals surface area contributed by atoms with Crippen molar-refractivity contribution < 1.29 is 42.3 Å². The van der Waals surface area contributed by atoms with Crippen molar-refractivity contribution in [3.05, 3.63) is 23.3 Å². The predicted octanol–water partition coefficient (Wildman–Crippen LogP) is 6.87. The summed E-state index contributed by atoms with van der Waals surface area (Å²) < 4.78 is 0. The summed E-state index contributed by atoms with van der Waals surface area (Å²) in [6.45, 7) is 4.20. The molecule has 0 aromatic rings. The molecule has 8 aliphatic carbocycles. The molecule has 0 radical (unpaired) electrons. The normalized spacial score (nSPS) is 41.8. The van der Waals surface area contributed by atoms with Gasteiger partial charge < -0.3 is 5.11 Å². The summed E-state index contributed by atoms with van der Waals surface area (Å²) in [4.78, 5) is 61.4. The summed E-state index contributed by atoms with van der Waals surface area (Å²) in [7, 11) is 0. The number of Topliss-reactive ketones (excluding diaryl/α,β-unsaturated/α-hetero) is 3. The molecule has 0 aromatic heterocycles. The van der Waals surface area contributed by atoms with Crippen LogP contribution in [0.3, 0.4) is 0 Å². The van der Waals surface area contributed by atoms with Gasteiger partial charge in [-0.1, -0.05) is 25.0 Å². The molecule has 8 unspecified atom stereocenters. The van der Waals surface area contributed by atoms with Crippen molar-refractivity contribution in [2.24, 2.45) is 58.2 Å². The number of aliphatic hydroxyl groups is 1. The Hall–Kier alpha value is 1.44. The fraction of sp³-hybridized carbons (Fsp3) is 0.763. The van der Waals surface area contributed by atoms with Crippen molar-refractivity contribution in [1.29, 1.82) is 0 Å². The van der Waals surface area contributed by atoms with Gasteiger partial charge in [-0.25, -0.2) is 0 Å². The van der Waals surface area contributed by atoms with E-state index in [1.165, 1.54) is 11.1 Å². The molecular weight excluding hydrogens is 1190 g/mol. The first-order chi connectivity index (χ1) is 23.5. The van der Waals surface area contributed by atoms with Crippen molar-refractivity contribution in [1.82, 2.24) is 0 Å². The van der Waals surface area contributed by atoms with Gasteiger partial charge in [0.2, 0.25) is 0 Å². The molecule has 6 nitrogen and oxygen atoms in total. The van der Waals surface area contributed by atoms with Gasteiger partial charge in [0.25, 0.3) is 0 Å². The van der Waals surface area contributed by atoms with Gasteiger partial charge in [-0.15, -0.1) is 0 Å². The van der Waals surface area contributed by atoms with Crippen LogP contribution in [0, 0.1) is 58.2 Å². The number of halogens is 5. The van der Waals surface area contributed by atoms with E-state index in [-0.39, 0.29) is 46.3 Å². The Labute approximate surface area is 345 Å². The molecule has 0 heterocycles. The van der Waals surface area contributed by atoms with E-state index < -0.39 is 0 Å². The molecule has 6 saturated carbocycles. The number of ketones is 5. The summed E-state index contributed by atoms with van der Waals surface area (Å²) >= 11 is 9.54. The van der Waals surface area contributed by atoms with Crippen LogP contribution in [-0.4, -0.2) is 40.1 Å². The number of hydrogen-bond donors (Lipinski definition) is 1. The number of hydrogen-bond acceptors (Lipinski definition) is 6. The molecule has 8 rings (SSSR count). The topological polar surface area (TPSA) is 106 Å². The molecule has 8 aliphatic rings. The average Bonchev–Trinajstić information content (AvgIpc) is 3.61. The number of carbonyl (C=O) groups excluding carboxylic acids is 5. The fourth-order valence-corrected chi connectivity index (χ4v) is 12.6. The maximum absolute atomic E-state index is 13.0. The minimum atomic E-state index is -0.370. The zero-order valence-electron chi connectivity index (χ0n) is 28.5. The van der Waals surface area contributed by atoms with Gasteiger partial charge in [0.05, 0.1) is 6.10 Å². The first-order valence-electron chi connectivity index (χ1n) is 18.3. The Bertz CT molecular complexity index is 1380. The Morgan fingerprint density at radius 3 is 1.76 bits per heavy atom. The van der Waals surface area contributed by atoms with Crippen LogP contribution < -0.4 is 13.3 Å². The maximum atomic E-state index is 13.0. The number of rotatable bonds is 2. The van der Waals surface area contributed by atoms with Crippen LogP contribution in [0.1, 0.15) is 117 Å². The van der Waals surface area contributed by atoms with Crippen molar-refractivity contribution in [2.45, 2.75) is 123 Å². The third-order valence-corrected chi connectivity index (χ3v) is 14.5. The van der Waals surface area contributed by atoms with Crippen LogP contribution in [0.15, 0.2) is 23.3 Å². The van der Waals surface area contributed by atoms with E-state index >= 15 is 0 Å². The molecule has 6 fully saturated rings. The zero-order valence-corrected chi connectivity index (χ0v) is 39.3. The zero-order chi connectivity index (χ0) is 35.7. The second-order valence-electron chi connectivity index (χ2n) is 15.8. The van der Waals surface area contributed by atoms with E-state index in [9.17, 15) is 29.1 Å². The Kier molecular flexibility index (Phi) is 15.2. The summed E-state index contributed by atoms with van der Waals surface area (Å²) in [5, 5.41) is 10.9. The summed E-state index contributed by atoms with van der Waals surface area (Å²) in [5.41, 5.74) is 1.92. The number of fused-ring (bicyclic) bond motifs is 10. The first-order valence-corrected chi connectivity index (χ1v) is 37.2. The van der Waals surface area contributed by atoms with Crippen molar-refractivity contribution >= 4 is 103 Å². The Morgan fingerprint density at radius 1 is 0.694 bits per heavy atom. The van der Waals surface area contributed by atoms with E-state index in [1.54, 1.807) is 0 Å². The molecule has 11 heteroatoms. The van der Waals surface area contributed by atoms with Gasteiger partial charge >= 0.3 is 50.5 Å². The van der Waals surface area contributed by atoms with Crippen LogP contribution in [0.2, 0.25) is 0 Å². The third kappa shape index (κ3) is 7.80. The van der Waals surface area contributed by atoms with Crippen molar-refractivity contribution in [3.8, 4) is 0 Å². The van der Waals surface area contributed by atoms with E-state index in [2.05, 4.69) is 88.3 Å². The minimum absolute atomic E-state index is 0.0867. The van der Waals surface area contributed by atoms with E-state index in [4.69, 9.17) is 0 Å². The summed E-state index contributed by atoms with van der Waals surface area (Å²) in [6, 6.07) is 0. The predicted molar refractivity (Wildman–Crippen MR) is 221 cm³/mol. The molecule has 0 aromatic carbocycles. The van der Waals surface area contributed by atoms with Crippen molar-refractivity contribution in [3.63, 3.8) is 0 Å². The molecule has 1 N–H and O–H groups in total. The van der Waals surface area contributed by atoms with Gasteiger partial charge in [-0.2, -0.15) is 0 Å². The van der Waals surface area contributed by atoms with Crippen LogP contribution in [0.4, 0.5) is 0 Å². The summed E-state index contributed by atoms with van der Waals surface area (Å²) in [6.07, 6.45) is 16.5. The van der Waals surface area contributed by atoms with E-state index in [1.807, 2.05) is 12.2 Å². The fourth-order valence-electron chi connectivity index (χ4n) is 12.6. The van der Waals surface area contributed by atoms with Crippen LogP contribution in [-0.2, 0) is 24.0 Å². The van der Waals surface area contributed by atoms with Gasteiger partial charge in [0, 0.05) is 86.1 Å². The summed E-state index contributed by atoms with van der Waals surface area (Å²) in [5.74, 6) is 4.31. The molecule has 274 valence electrons. The van der Waals surface area contributed by atoms with Crippen molar-refractivity contribution in [2.75, 3.05) is 0 Å². The SMILES string of the molecule is CC[C@]12CC(=O)C3C4CCC(=O)C=C4CCC3C1CCC2=O.CC[C@]12C[C@@H](O)C3C4CCC(=O)C=C4CCC3C1CCC2=O.II.I[I-]I.